The molecule has 5 heteroatoms. The molecule has 0 aromatic carbocycles. The van der Waals surface area contributed by atoms with Crippen molar-refractivity contribution in [3.63, 3.8) is 0 Å². The van der Waals surface area contributed by atoms with Crippen molar-refractivity contribution in [3.8, 4) is 0 Å². The summed E-state index contributed by atoms with van der Waals surface area (Å²) in [6, 6.07) is 0. The van der Waals surface area contributed by atoms with E-state index < -0.39 is 0 Å². The quantitative estimate of drug-likeness (QED) is 0.734. The molecule has 15 heavy (non-hydrogen) atoms. The van der Waals surface area contributed by atoms with Crippen LogP contribution in [-0.4, -0.2) is 22.2 Å². The predicted octanol–water partition coefficient (Wildman–Crippen LogP) is 0.00194. The largest absolute Gasteiger partial charge is 0.352 e. The summed E-state index contributed by atoms with van der Waals surface area (Å²) < 4.78 is 1.82. The zero-order valence-corrected chi connectivity index (χ0v) is 9.50. The number of aryl methyl sites for hydroxylation is 2. The third kappa shape index (κ3) is 2.79. The van der Waals surface area contributed by atoms with Gasteiger partial charge in [0.05, 0.1) is 5.69 Å². The molecule has 0 unspecified atom stereocenters. The molecule has 0 saturated heterocycles. The van der Waals surface area contributed by atoms with E-state index in [-0.39, 0.29) is 5.91 Å². The summed E-state index contributed by atoms with van der Waals surface area (Å²) >= 11 is 0. The average molecular weight is 210 g/mol. The minimum absolute atomic E-state index is 0.0137. The van der Waals surface area contributed by atoms with Crippen LogP contribution < -0.4 is 11.1 Å². The Hall–Kier alpha value is -1.36. The van der Waals surface area contributed by atoms with Crippen molar-refractivity contribution in [1.29, 1.82) is 0 Å². The van der Waals surface area contributed by atoms with Crippen LogP contribution in [0.5, 0.6) is 0 Å². The summed E-state index contributed by atoms with van der Waals surface area (Å²) in [5.74, 6) is -0.0137. The molecule has 1 aromatic rings. The van der Waals surface area contributed by atoms with Crippen LogP contribution >= 0.6 is 0 Å². The fourth-order valence-corrected chi connectivity index (χ4v) is 1.48. The van der Waals surface area contributed by atoms with Crippen LogP contribution in [0.2, 0.25) is 0 Å². The summed E-state index contributed by atoms with van der Waals surface area (Å²) in [6.07, 6.45) is 0.373. The lowest BCUT2D eigenvalue weighted by Gasteiger charge is -2.04. The Bertz CT molecular complexity index is 357. The van der Waals surface area contributed by atoms with E-state index in [9.17, 15) is 4.79 Å². The standard InChI is InChI=1S/C10H18N4O/c1-7-9(8(2)14(3)13-7)6-12-10(15)4-5-11/h4-6,11H2,1-3H3,(H,12,15). The fourth-order valence-electron chi connectivity index (χ4n) is 1.48. The summed E-state index contributed by atoms with van der Waals surface area (Å²) in [4.78, 5) is 11.2. The SMILES string of the molecule is Cc1nn(C)c(C)c1CNC(=O)CCN. The molecule has 0 saturated carbocycles. The first-order valence-corrected chi connectivity index (χ1v) is 5.02. The zero-order chi connectivity index (χ0) is 11.4. The van der Waals surface area contributed by atoms with Gasteiger partial charge in [0.15, 0.2) is 0 Å². The van der Waals surface area contributed by atoms with Gasteiger partial charge in [-0.3, -0.25) is 9.48 Å². The van der Waals surface area contributed by atoms with Crippen molar-refractivity contribution < 1.29 is 4.79 Å². The van der Waals surface area contributed by atoms with Gasteiger partial charge in [0.1, 0.15) is 0 Å². The Morgan fingerprint density at radius 1 is 1.53 bits per heavy atom. The van der Waals surface area contributed by atoms with E-state index in [0.29, 0.717) is 19.5 Å². The Balaban J connectivity index is 2.61. The highest BCUT2D eigenvalue weighted by molar-refractivity contribution is 5.76. The van der Waals surface area contributed by atoms with Crippen molar-refractivity contribution in [3.05, 3.63) is 17.0 Å². The van der Waals surface area contributed by atoms with Crippen LogP contribution in [-0.2, 0) is 18.4 Å². The Labute approximate surface area is 89.6 Å². The van der Waals surface area contributed by atoms with Crippen LogP contribution in [0.4, 0.5) is 0 Å². The van der Waals surface area contributed by atoms with E-state index in [1.54, 1.807) is 0 Å². The third-order valence-corrected chi connectivity index (χ3v) is 2.49. The van der Waals surface area contributed by atoms with Gasteiger partial charge in [-0.05, 0) is 13.8 Å². The highest BCUT2D eigenvalue weighted by Crippen LogP contribution is 2.10. The number of carbonyl (C=O) groups excluding carboxylic acids is 1. The molecule has 1 aromatic heterocycles. The molecule has 0 aliphatic rings. The second-order valence-corrected chi connectivity index (χ2v) is 3.59. The van der Waals surface area contributed by atoms with E-state index in [2.05, 4.69) is 10.4 Å². The molecule has 0 fully saturated rings. The number of nitrogens with one attached hydrogen (secondary N) is 1. The minimum Gasteiger partial charge on any atom is -0.352 e. The smallest absolute Gasteiger partial charge is 0.221 e. The molecular weight excluding hydrogens is 192 g/mol. The van der Waals surface area contributed by atoms with Gasteiger partial charge in [-0.2, -0.15) is 5.10 Å². The summed E-state index contributed by atoms with van der Waals surface area (Å²) in [5.41, 5.74) is 8.42. The normalized spacial score (nSPS) is 10.4. The molecule has 0 radical (unpaired) electrons. The molecule has 0 aliphatic carbocycles. The van der Waals surface area contributed by atoms with Crippen molar-refractivity contribution in [2.45, 2.75) is 26.8 Å². The third-order valence-electron chi connectivity index (χ3n) is 2.49. The van der Waals surface area contributed by atoms with Gasteiger partial charge in [-0.1, -0.05) is 0 Å². The van der Waals surface area contributed by atoms with Gasteiger partial charge in [0.25, 0.3) is 0 Å². The molecule has 84 valence electrons. The first kappa shape index (κ1) is 11.7. The van der Waals surface area contributed by atoms with Crippen molar-refractivity contribution in [1.82, 2.24) is 15.1 Å². The number of aromatic nitrogens is 2. The number of hydrogen-bond donors (Lipinski definition) is 2. The zero-order valence-electron chi connectivity index (χ0n) is 9.50. The molecule has 1 rings (SSSR count). The molecule has 0 atom stereocenters. The number of amides is 1. The van der Waals surface area contributed by atoms with Crippen molar-refractivity contribution >= 4 is 5.91 Å². The molecular formula is C10H18N4O. The average Bonchev–Trinajstić information content (AvgIpc) is 2.40. The van der Waals surface area contributed by atoms with E-state index in [0.717, 1.165) is 17.0 Å². The Kier molecular flexibility index (Phi) is 3.85. The highest BCUT2D eigenvalue weighted by Gasteiger charge is 2.09. The lowest BCUT2D eigenvalue weighted by Crippen LogP contribution is -2.25. The summed E-state index contributed by atoms with van der Waals surface area (Å²) in [6.45, 7) is 4.85. The van der Waals surface area contributed by atoms with Gasteiger partial charge in [0, 0.05) is 37.8 Å². The number of rotatable bonds is 4. The topological polar surface area (TPSA) is 72.9 Å². The van der Waals surface area contributed by atoms with Gasteiger partial charge < -0.3 is 11.1 Å². The number of nitrogens with zero attached hydrogens (tertiary/aromatic N) is 2. The van der Waals surface area contributed by atoms with Crippen LogP contribution in [0, 0.1) is 13.8 Å². The van der Waals surface area contributed by atoms with Gasteiger partial charge in [-0.25, -0.2) is 0 Å². The van der Waals surface area contributed by atoms with Crippen LogP contribution in [0.15, 0.2) is 0 Å². The molecule has 1 amide bonds. The maximum absolute atomic E-state index is 11.2. The minimum atomic E-state index is -0.0137. The maximum atomic E-state index is 11.2. The van der Waals surface area contributed by atoms with E-state index in [1.807, 2.05) is 25.6 Å². The molecule has 1 heterocycles. The number of nitrogens with two attached hydrogens (primary N) is 1. The maximum Gasteiger partial charge on any atom is 0.221 e. The number of hydrogen-bond acceptors (Lipinski definition) is 3. The Morgan fingerprint density at radius 3 is 2.67 bits per heavy atom. The van der Waals surface area contributed by atoms with Crippen LogP contribution in [0.1, 0.15) is 23.4 Å². The lowest BCUT2D eigenvalue weighted by molar-refractivity contribution is -0.121. The molecule has 0 bridgehead atoms. The highest BCUT2D eigenvalue weighted by atomic mass is 16.1. The Morgan fingerprint density at radius 2 is 2.20 bits per heavy atom. The van der Waals surface area contributed by atoms with E-state index >= 15 is 0 Å². The van der Waals surface area contributed by atoms with E-state index in [1.165, 1.54) is 0 Å². The van der Waals surface area contributed by atoms with E-state index in [4.69, 9.17) is 5.73 Å². The number of carbonyl (C=O) groups is 1. The van der Waals surface area contributed by atoms with Gasteiger partial charge >= 0.3 is 0 Å². The van der Waals surface area contributed by atoms with Crippen molar-refractivity contribution in [2.75, 3.05) is 6.54 Å². The molecule has 0 aliphatic heterocycles. The first-order chi connectivity index (χ1) is 7.06. The fraction of sp³-hybridized carbons (Fsp3) is 0.600. The second-order valence-electron chi connectivity index (χ2n) is 3.59. The van der Waals surface area contributed by atoms with Crippen LogP contribution in [0.25, 0.3) is 0 Å². The predicted molar refractivity (Wildman–Crippen MR) is 58.2 cm³/mol. The molecule has 3 N–H and O–H groups in total. The van der Waals surface area contributed by atoms with Crippen LogP contribution in [0.3, 0.4) is 0 Å². The molecule has 0 spiro atoms. The molecule has 5 nitrogen and oxygen atoms in total. The first-order valence-electron chi connectivity index (χ1n) is 5.02. The summed E-state index contributed by atoms with van der Waals surface area (Å²) in [5, 5.41) is 7.10. The monoisotopic (exact) mass is 210 g/mol. The van der Waals surface area contributed by atoms with Crippen molar-refractivity contribution in [2.24, 2.45) is 12.8 Å². The van der Waals surface area contributed by atoms with Gasteiger partial charge in [0.2, 0.25) is 5.91 Å². The lowest BCUT2D eigenvalue weighted by atomic mass is 10.2. The summed E-state index contributed by atoms with van der Waals surface area (Å²) in [7, 11) is 1.90. The van der Waals surface area contributed by atoms with Gasteiger partial charge in [-0.15, -0.1) is 0 Å². The second kappa shape index (κ2) is 4.93.